The molecule has 1 rings (SSSR count). The van der Waals surface area contributed by atoms with E-state index in [-0.39, 0.29) is 18.1 Å². The fraction of sp³-hybridized carbons (Fsp3) is 0.533. The van der Waals surface area contributed by atoms with Crippen LogP contribution in [0.5, 0.6) is 0 Å². The van der Waals surface area contributed by atoms with Gasteiger partial charge in [-0.1, -0.05) is 32.9 Å². The molecule has 1 aromatic rings. The topological polar surface area (TPSA) is 56.0 Å². The molecule has 1 aromatic carbocycles. The minimum atomic E-state index is 0.120. The molecule has 0 saturated carbocycles. The highest BCUT2D eigenvalue weighted by molar-refractivity contribution is 5.31. The second-order valence-electron chi connectivity index (χ2n) is 5.62. The maximum Gasteiger partial charge on any atom is 0.0991 e. The highest BCUT2D eigenvalue weighted by atomic mass is 16.3. The Labute approximate surface area is 109 Å². The first-order chi connectivity index (χ1) is 8.47. The second kappa shape index (κ2) is 6.53. The molecule has 18 heavy (non-hydrogen) atoms. The van der Waals surface area contributed by atoms with Gasteiger partial charge in [0.1, 0.15) is 0 Å². The Morgan fingerprint density at radius 3 is 2.33 bits per heavy atom. The lowest BCUT2D eigenvalue weighted by molar-refractivity contribution is 0.196. The summed E-state index contributed by atoms with van der Waals surface area (Å²) in [4.78, 5) is 0. The van der Waals surface area contributed by atoms with Crippen molar-refractivity contribution in [2.45, 2.75) is 39.8 Å². The molecule has 0 aliphatic rings. The smallest absolute Gasteiger partial charge is 0.0991 e. The Morgan fingerprint density at radius 2 is 1.89 bits per heavy atom. The van der Waals surface area contributed by atoms with Gasteiger partial charge in [-0.2, -0.15) is 5.26 Å². The summed E-state index contributed by atoms with van der Waals surface area (Å²) < 4.78 is 0. The molecule has 0 bridgehead atoms. The van der Waals surface area contributed by atoms with E-state index in [2.05, 4.69) is 32.2 Å². The van der Waals surface area contributed by atoms with E-state index in [4.69, 9.17) is 10.4 Å². The van der Waals surface area contributed by atoms with Gasteiger partial charge in [0.25, 0.3) is 0 Å². The van der Waals surface area contributed by atoms with E-state index in [1.54, 1.807) is 0 Å². The summed E-state index contributed by atoms with van der Waals surface area (Å²) >= 11 is 0. The minimum Gasteiger partial charge on any atom is -0.396 e. The summed E-state index contributed by atoms with van der Waals surface area (Å²) in [5.41, 5.74) is 1.96. The summed E-state index contributed by atoms with van der Waals surface area (Å²) in [6.07, 6.45) is 0.750. The molecule has 3 nitrogen and oxygen atoms in total. The van der Waals surface area contributed by atoms with Crippen LogP contribution < -0.4 is 5.32 Å². The van der Waals surface area contributed by atoms with E-state index < -0.39 is 0 Å². The molecule has 3 heteroatoms. The average molecular weight is 246 g/mol. The number of hydrogen-bond donors (Lipinski definition) is 2. The van der Waals surface area contributed by atoms with Crippen LogP contribution in [0.2, 0.25) is 0 Å². The maximum absolute atomic E-state index is 9.09. The van der Waals surface area contributed by atoms with Crippen molar-refractivity contribution in [2.24, 2.45) is 5.41 Å². The largest absolute Gasteiger partial charge is 0.396 e. The van der Waals surface area contributed by atoms with Gasteiger partial charge in [-0.3, -0.25) is 0 Å². The number of nitriles is 1. The first-order valence-electron chi connectivity index (χ1n) is 6.30. The first-order valence-corrected chi connectivity index (χ1v) is 6.30. The van der Waals surface area contributed by atoms with Crippen molar-refractivity contribution in [1.29, 1.82) is 5.26 Å². The predicted molar refractivity (Wildman–Crippen MR) is 72.9 cm³/mol. The highest BCUT2D eigenvalue weighted by Gasteiger charge is 2.23. The van der Waals surface area contributed by atoms with Crippen LogP contribution in [0.15, 0.2) is 24.3 Å². The molecule has 98 valence electrons. The quantitative estimate of drug-likeness (QED) is 0.839. The predicted octanol–water partition coefficient (Wildman–Crippen LogP) is 2.44. The fourth-order valence-electron chi connectivity index (χ4n) is 1.91. The molecule has 0 fully saturated rings. The van der Waals surface area contributed by atoms with Gasteiger partial charge in [0.15, 0.2) is 0 Å². The van der Waals surface area contributed by atoms with Crippen molar-refractivity contribution in [2.75, 3.05) is 6.61 Å². The van der Waals surface area contributed by atoms with Gasteiger partial charge in [0.2, 0.25) is 0 Å². The first kappa shape index (κ1) is 14.7. The van der Waals surface area contributed by atoms with E-state index in [1.165, 1.54) is 0 Å². The van der Waals surface area contributed by atoms with Crippen LogP contribution in [0.1, 0.15) is 38.3 Å². The summed E-state index contributed by atoms with van der Waals surface area (Å²) in [6.45, 7) is 7.45. The third-order valence-electron chi connectivity index (χ3n) is 3.10. The van der Waals surface area contributed by atoms with Crippen molar-refractivity contribution in [3.8, 4) is 6.07 Å². The number of hydrogen-bond acceptors (Lipinski definition) is 3. The van der Waals surface area contributed by atoms with Crippen LogP contribution >= 0.6 is 0 Å². The van der Waals surface area contributed by atoms with E-state index in [9.17, 15) is 0 Å². The summed E-state index contributed by atoms with van der Waals surface area (Å²) in [5, 5.41) is 21.3. The Balaban J connectivity index is 2.59. The number of nitrogens with one attached hydrogen (secondary N) is 1. The van der Waals surface area contributed by atoms with Crippen LogP contribution in [-0.2, 0) is 6.54 Å². The molecular weight excluding hydrogens is 224 g/mol. The van der Waals surface area contributed by atoms with Crippen molar-refractivity contribution in [3.63, 3.8) is 0 Å². The van der Waals surface area contributed by atoms with Crippen LogP contribution in [-0.4, -0.2) is 17.8 Å². The van der Waals surface area contributed by atoms with E-state index in [0.29, 0.717) is 5.56 Å². The highest BCUT2D eigenvalue weighted by Crippen LogP contribution is 2.22. The number of aliphatic hydroxyl groups is 1. The molecule has 0 amide bonds. The van der Waals surface area contributed by atoms with Crippen LogP contribution in [0, 0.1) is 16.7 Å². The van der Waals surface area contributed by atoms with E-state index >= 15 is 0 Å². The molecule has 0 aromatic heterocycles. The number of nitrogens with zero attached hydrogens (tertiary/aromatic N) is 1. The molecular formula is C15H22N2O. The Hall–Kier alpha value is -1.37. The van der Waals surface area contributed by atoms with E-state index in [0.717, 1.165) is 18.5 Å². The van der Waals surface area contributed by atoms with Crippen LogP contribution in [0.4, 0.5) is 0 Å². The van der Waals surface area contributed by atoms with Gasteiger partial charge in [0.05, 0.1) is 11.6 Å². The van der Waals surface area contributed by atoms with Crippen molar-refractivity contribution >= 4 is 0 Å². The summed E-state index contributed by atoms with van der Waals surface area (Å²) in [5.74, 6) is 0. The SMILES string of the molecule is CC(C)(C)C(CCO)NCc1ccc(C#N)cc1. The van der Waals surface area contributed by atoms with E-state index in [1.807, 2.05) is 24.3 Å². The molecule has 0 aliphatic carbocycles. The third-order valence-corrected chi connectivity index (χ3v) is 3.10. The molecule has 1 atom stereocenters. The van der Waals surface area contributed by atoms with Gasteiger partial charge in [0, 0.05) is 19.2 Å². The lowest BCUT2D eigenvalue weighted by Crippen LogP contribution is -2.40. The molecule has 0 spiro atoms. The molecule has 0 heterocycles. The van der Waals surface area contributed by atoms with Gasteiger partial charge in [-0.15, -0.1) is 0 Å². The summed E-state index contributed by atoms with van der Waals surface area (Å²) in [6, 6.07) is 9.97. The second-order valence-corrected chi connectivity index (χ2v) is 5.62. The molecule has 1 unspecified atom stereocenters. The van der Waals surface area contributed by atoms with Crippen molar-refractivity contribution < 1.29 is 5.11 Å². The van der Waals surface area contributed by atoms with Gasteiger partial charge >= 0.3 is 0 Å². The Morgan fingerprint density at radius 1 is 1.28 bits per heavy atom. The number of benzene rings is 1. The van der Waals surface area contributed by atoms with Gasteiger partial charge in [-0.25, -0.2) is 0 Å². The molecule has 0 saturated heterocycles. The third kappa shape index (κ3) is 4.48. The summed E-state index contributed by atoms with van der Waals surface area (Å²) in [7, 11) is 0. The lowest BCUT2D eigenvalue weighted by Gasteiger charge is -2.31. The molecule has 0 aliphatic heterocycles. The van der Waals surface area contributed by atoms with Gasteiger partial charge < -0.3 is 10.4 Å². The van der Waals surface area contributed by atoms with Crippen molar-refractivity contribution in [3.05, 3.63) is 35.4 Å². The normalized spacial score (nSPS) is 13.1. The number of aliphatic hydroxyl groups excluding tert-OH is 1. The molecule has 0 radical (unpaired) electrons. The number of rotatable bonds is 5. The fourth-order valence-corrected chi connectivity index (χ4v) is 1.91. The lowest BCUT2D eigenvalue weighted by atomic mass is 9.85. The monoisotopic (exact) mass is 246 g/mol. The maximum atomic E-state index is 9.09. The average Bonchev–Trinajstić information content (AvgIpc) is 2.33. The Kier molecular flexibility index (Phi) is 5.33. The van der Waals surface area contributed by atoms with Crippen molar-refractivity contribution in [1.82, 2.24) is 5.32 Å². The zero-order chi connectivity index (χ0) is 13.6. The zero-order valence-electron chi connectivity index (χ0n) is 11.4. The zero-order valence-corrected chi connectivity index (χ0v) is 11.4. The van der Waals surface area contributed by atoms with Gasteiger partial charge in [-0.05, 0) is 29.5 Å². The van der Waals surface area contributed by atoms with Crippen LogP contribution in [0.3, 0.4) is 0 Å². The Bertz CT molecular complexity index is 398. The molecule has 2 N–H and O–H groups in total. The van der Waals surface area contributed by atoms with Crippen LogP contribution in [0.25, 0.3) is 0 Å². The standard InChI is InChI=1S/C15H22N2O/c1-15(2,3)14(8-9-18)17-11-13-6-4-12(10-16)5-7-13/h4-7,14,17-18H,8-9,11H2,1-3H3. The minimum absolute atomic E-state index is 0.120.